The molecule has 0 saturated heterocycles. The molecular weight excluding hydrogens is 454 g/mol. The summed E-state index contributed by atoms with van der Waals surface area (Å²) in [5.41, 5.74) is 1.61. The monoisotopic (exact) mass is 483 g/mol. The lowest BCUT2D eigenvalue weighted by Crippen LogP contribution is -2.37. The summed E-state index contributed by atoms with van der Waals surface area (Å²) in [4.78, 5) is 43.1. The molecule has 0 aliphatic heterocycles. The molecule has 1 aromatic heterocycles. The number of nitrogens with one attached hydrogen (secondary N) is 1. The number of esters is 1. The zero-order valence-corrected chi connectivity index (χ0v) is 20.4. The molecule has 2 aromatic carbocycles. The quantitative estimate of drug-likeness (QED) is 0.269. The number of H-pyrrole nitrogens is 1. The van der Waals surface area contributed by atoms with E-state index >= 15 is 0 Å². The van der Waals surface area contributed by atoms with Gasteiger partial charge in [0.1, 0.15) is 0 Å². The van der Waals surface area contributed by atoms with Crippen molar-refractivity contribution in [1.29, 1.82) is 0 Å². The molecule has 0 radical (unpaired) electrons. The highest BCUT2D eigenvalue weighted by molar-refractivity contribution is 7.71. The number of nitrogens with zero attached hydrogens (tertiary/aromatic N) is 2. The van der Waals surface area contributed by atoms with Crippen LogP contribution in [0.2, 0.25) is 0 Å². The molecule has 1 amide bonds. The Morgan fingerprint density at radius 3 is 2.56 bits per heavy atom. The van der Waals surface area contributed by atoms with Crippen molar-refractivity contribution < 1.29 is 19.1 Å². The first-order valence-corrected chi connectivity index (χ1v) is 11.4. The lowest BCUT2D eigenvalue weighted by molar-refractivity contribution is -0.145. The van der Waals surface area contributed by atoms with Crippen LogP contribution in [-0.2, 0) is 27.4 Å². The highest BCUT2D eigenvalue weighted by Crippen LogP contribution is 2.17. The minimum absolute atomic E-state index is 0.190. The highest BCUT2D eigenvalue weighted by Gasteiger charge is 2.23. The Morgan fingerprint density at radius 1 is 1.15 bits per heavy atom. The first-order chi connectivity index (χ1) is 16.3. The fraction of sp³-hybridized carbons (Fsp3) is 0.360. The van der Waals surface area contributed by atoms with Crippen molar-refractivity contribution in [2.75, 3.05) is 27.4 Å². The standard InChI is InChI=1S/C25H29N3O5S/c1-17(24(31)33-3)15-27(16-18-8-5-4-6-9-18)22(29)19-10-11-20-21(14-19)26-25(34)28(23(20)30)12-7-13-32-2/h4-6,8-11,14,17H,7,12-13,15-16H2,1-3H3,(H,26,34). The van der Waals surface area contributed by atoms with E-state index in [1.54, 1.807) is 37.1 Å². The Bertz CT molecular complexity index is 1270. The number of carbonyl (C=O) groups is 2. The molecule has 1 N–H and O–H groups in total. The molecular formula is C25H29N3O5S. The van der Waals surface area contributed by atoms with Gasteiger partial charge < -0.3 is 19.4 Å². The fourth-order valence-corrected chi connectivity index (χ4v) is 4.05. The van der Waals surface area contributed by atoms with E-state index in [9.17, 15) is 14.4 Å². The first-order valence-electron chi connectivity index (χ1n) is 11.0. The Morgan fingerprint density at radius 2 is 1.88 bits per heavy atom. The molecule has 0 aliphatic carbocycles. The van der Waals surface area contributed by atoms with E-state index in [2.05, 4.69) is 4.98 Å². The maximum absolute atomic E-state index is 13.5. The zero-order valence-electron chi connectivity index (χ0n) is 19.6. The van der Waals surface area contributed by atoms with E-state index in [1.807, 2.05) is 30.3 Å². The van der Waals surface area contributed by atoms with Crippen LogP contribution in [-0.4, -0.2) is 53.7 Å². The predicted octanol–water partition coefficient (Wildman–Crippen LogP) is 3.55. The number of amides is 1. The molecule has 1 heterocycles. The molecule has 34 heavy (non-hydrogen) atoms. The van der Waals surface area contributed by atoms with Crippen molar-refractivity contribution in [3.05, 3.63) is 74.8 Å². The van der Waals surface area contributed by atoms with Crippen LogP contribution in [0.4, 0.5) is 0 Å². The summed E-state index contributed by atoms with van der Waals surface area (Å²) >= 11 is 5.38. The molecule has 0 fully saturated rings. The van der Waals surface area contributed by atoms with E-state index in [0.717, 1.165) is 5.56 Å². The van der Waals surface area contributed by atoms with Crippen LogP contribution in [0.5, 0.6) is 0 Å². The van der Waals surface area contributed by atoms with Gasteiger partial charge in [-0.3, -0.25) is 19.0 Å². The summed E-state index contributed by atoms with van der Waals surface area (Å²) in [7, 11) is 2.94. The smallest absolute Gasteiger partial charge is 0.310 e. The number of aromatic amines is 1. The van der Waals surface area contributed by atoms with Crippen LogP contribution in [0, 0.1) is 10.7 Å². The SMILES string of the molecule is COCCCn1c(=S)[nH]c2cc(C(=O)N(Cc3ccccc3)CC(C)C(=O)OC)ccc2c1=O. The Kier molecular flexibility index (Phi) is 8.72. The molecule has 9 heteroatoms. The third-order valence-electron chi connectivity index (χ3n) is 5.56. The third-order valence-corrected chi connectivity index (χ3v) is 5.88. The van der Waals surface area contributed by atoms with Crippen LogP contribution in [0.3, 0.4) is 0 Å². The van der Waals surface area contributed by atoms with Crippen molar-refractivity contribution in [3.8, 4) is 0 Å². The van der Waals surface area contributed by atoms with Gasteiger partial charge >= 0.3 is 5.97 Å². The van der Waals surface area contributed by atoms with Crippen LogP contribution < -0.4 is 5.56 Å². The van der Waals surface area contributed by atoms with Gasteiger partial charge in [-0.15, -0.1) is 0 Å². The average molecular weight is 484 g/mol. The van der Waals surface area contributed by atoms with Crippen molar-refractivity contribution in [1.82, 2.24) is 14.5 Å². The summed E-state index contributed by atoms with van der Waals surface area (Å²) in [5, 5.41) is 0.445. The van der Waals surface area contributed by atoms with E-state index < -0.39 is 5.92 Å². The summed E-state index contributed by atoms with van der Waals surface area (Å²) in [5.74, 6) is -1.14. The van der Waals surface area contributed by atoms with Crippen molar-refractivity contribution in [3.63, 3.8) is 0 Å². The minimum Gasteiger partial charge on any atom is -0.469 e. The maximum atomic E-state index is 13.5. The van der Waals surface area contributed by atoms with Crippen LogP contribution in [0.15, 0.2) is 53.3 Å². The summed E-state index contributed by atoms with van der Waals surface area (Å²) in [6, 6.07) is 14.4. The lowest BCUT2D eigenvalue weighted by Gasteiger charge is -2.25. The molecule has 0 aliphatic rings. The second-order valence-electron chi connectivity index (χ2n) is 8.09. The van der Waals surface area contributed by atoms with Gasteiger partial charge in [0, 0.05) is 38.9 Å². The van der Waals surface area contributed by atoms with E-state index in [-0.39, 0.29) is 24.0 Å². The van der Waals surface area contributed by atoms with Crippen LogP contribution >= 0.6 is 12.2 Å². The first kappa shape index (κ1) is 25.3. The largest absolute Gasteiger partial charge is 0.469 e. The van der Waals surface area contributed by atoms with Gasteiger partial charge in [-0.25, -0.2) is 0 Å². The van der Waals surface area contributed by atoms with E-state index in [0.29, 0.717) is 47.4 Å². The minimum atomic E-state index is -0.497. The summed E-state index contributed by atoms with van der Waals surface area (Å²) in [6.45, 7) is 3.20. The molecule has 3 rings (SSSR count). The molecule has 0 spiro atoms. The number of hydrogen-bond acceptors (Lipinski definition) is 6. The molecule has 0 saturated carbocycles. The van der Waals surface area contributed by atoms with Gasteiger partial charge in [0.2, 0.25) is 0 Å². The van der Waals surface area contributed by atoms with Crippen molar-refractivity contribution in [2.24, 2.45) is 5.92 Å². The molecule has 1 atom stereocenters. The van der Waals surface area contributed by atoms with E-state index in [1.165, 1.54) is 11.7 Å². The predicted molar refractivity (Wildman–Crippen MR) is 132 cm³/mol. The van der Waals surface area contributed by atoms with Crippen molar-refractivity contribution in [2.45, 2.75) is 26.4 Å². The number of methoxy groups -OCH3 is 2. The topological polar surface area (TPSA) is 93.6 Å². The second kappa shape index (κ2) is 11.7. The van der Waals surface area contributed by atoms with Crippen LogP contribution in [0.1, 0.15) is 29.3 Å². The third kappa shape index (κ3) is 5.98. The van der Waals surface area contributed by atoms with Gasteiger partial charge in [-0.05, 0) is 42.4 Å². The van der Waals surface area contributed by atoms with Gasteiger partial charge in [0.25, 0.3) is 11.5 Å². The molecule has 1 unspecified atom stereocenters. The number of fused-ring (bicyclic) bond motifs is 1. The highest BCUT2D eigenvalue weighted by atomic mass is 32.1. The number of aromatic nitrogens is 2. The average Bonchev–Trinajstić information content (AvgIpc) is 2.84. The number of hydrogen-bond donors (Lipinski definition) is 1. The Balaban J connectivity index is 1.94. The molecule has 3 aromatic rings. The Labute approximate surface area is 203 Å². The molecule has 180 valence electrons. The molecule has 0 bridgehead atoms. The van der Waals surface area contributed by atoms with Crippen LogP contribution in [0.25, 0.3) is 10.9 Å². The maximum Gasteiger partial charge on any atom is 0.310 e. The normalized spacial score (nSPS) is 11.9. The number of rotatable bonds is 10. The van der Waals surface area contributed by atoms with E-state index in [4.69, 9.17) is 21.7 Å². The van der Waals surface area contributed by atoms with Gasteiger partial charge in [-0.1, -0.05) is 37.3 Å². The molecule has 8 nitrogen and oxygen atoms in total. The van der Waals surface area contributed by atoms with Gasteiger partial charge in [0.05, 0.1) is 23.9 Å². The fourth-order valence-electron chi connectivity index (χ4n) is 3.77. The van der Waals surface area contributed by atoms with Crippen molar-refractivity contribution >= 4 is 35.0 Å². The zero-order chi connectivity index (χ0) is 24.7. The summed E-state index contributed by atoms with van der Waals surface area (Å²) < 4.78 is 11.7. The lowest BCUT2D eigenvalue weighted by atomic mass is 10.1. The number of ether oxygens (including phenoxy) is 2. The summed E-state index contributed by atoms with van der Waals surface area (Å²) in [6.07, 6.45) is 0.656. The number of benzene rings is 2. The van der Waals surface area contributed by atoms with Gasteiger partial charge in [0.15, 0.2) is 4.77 Å². The second-order valence-corrected chi connectivity index (χ2v) is 8.48. The Hall–Kier alpha value is -3.30. The number of carbonyl (C=O) groups excluding carboxylic acids is 2. The van der Waals surface area contributed by atoms with Gasteiger partial charge in [-0.2, -0.15) is 0 Å².